The lowest BCUT2D eigenvalue weighted by Crippen LogP contribution is -2.17. The van der Waals surface area contributed by atoms with E-state index in [1.165, 1.54) is 0 Å². The lowest BCUT2D eigenvalue weighted by Gasteiger charge is -2.18. The second-order valence-electron chi connectivity index (χ2n) is 6.95. The summed E-state index contributed by atoms with van der Waals surface area (Å²) in [6.45, 7) is 1.40. The number of carboxylic acids is 1. The molecular formula is C17H19BrO4. The summed E-state index contributed by atoms with van der Waals surface area (Å²) in [7, 11) is 0. The largest absolute Gasteiger partial charge is 0.489 e. The molecule has 0 amide bonds. The third-order valence-corrected chi connectivity index (χ3v) is 5.65. The molecule has 22 heavy (non-hydrogen) atoms. The Labute approximate surface area is 137 Å². The van der Waals surface area contributed by atoms with Crippen LogP contribution in [0.3, 0.4) is 0 Å². The van der Waals surface area contributed by atoms with Crippen molar-refractivity contribution in [2.75, 3.05) is 13.2 Å². The van der Waals surface area contributed by atoms with Crippen LogP contribution in [0, 0.1) is 11.3 Å². The van der Waals surface area contributed by atoms with Gasteiger partial charge in [0.1, 0.15) is 0 Å². The monoisotopic (exact) mass is 366 g/mol. The van der Waals surface area contributed by atoms with Gasteiger partial charge in [0, 0.05) is 5.41 Å². The van der Waals surface area contributed by atoms with Gasteiger partial charge in [0.05, 0.1) is 24.1 Å². The van der Waals surface area contributed by atoms with E-state index in [2.05, 4.69) is 15.9 Å². The summed E-state index contributed by atoms with van der Waals surface area (Å²) in [5.41, 5.74) is 1.25. The Kier molecular flexibility index (Phi) is 3.36. The third kappa shape index (κ3) is 2.71. The lowest BCUT2D eigenvalue weighted by molar-refractivity contribution is -0.137. The van der Waals surface area contributed by atoms with Crippen LogP contribution in [0.5, 0.6) is 11.5 Å². The number of fused-ring (bicyclic) bond motifs is 1. The minimum Gasteiger partial charge on any atom is -0.489 e. The number of benzene rings is 1. The second-order valence-corrected chi connectivity index (χ2v) is 7.80. The Morgan fingerprint density at radius 1 is 1.32 bits per heavy atom. The van der Waals surface area contributed by atoms with Crippen LogP contribution in [0.2, 0.25) is 0 Å². The van der Waals surface area contributed by atoms with E-state index in [9.17, 15) is 9.90 Å². The fourth-order valence-electron chi connectivity index (χ4n) is 3.26. The zero-order valence-corrected chi connectivity index (χ0v) is 13.9. The first-order valence-corrected chi connectivity index (χ1v) is 8.66. The van der Waals surface area contributed by atoms with E-state index in [0.29, 0.717) is 19.1 Å². The van der Waals surface area contributed by atoms with Gasteiger partial charge >= 0.3 is 5.97 Å². The van der Waals surface area contributed by atoms with Crippen molar-refractivity contribution in [2.24, 2.45) is 11.3 Å². The maximum Gasteiger partial charge on any atom is 0.303 e. The Morgan fingerprint density at radius 2 is 2.05 bits per heavy atom. The molecule has 2 saturated carbocycles. The predicted molar refractivity (Wildman–Crippen MR) is 84.5 cm³/mol. The number of hydrogen-bond acceptors (Lipinski definition) is 3. The minimum absolute atomic E-state index is 0.0702. The van der Waals surface area contributed by atoms with Crippen LogP contribution in [0.15, 0.2) is 16.6 Å². The first-order chi connectivity index (χ1) is 10.6. The van der Waals surface area contributed by atoms with Gasteiger partial charge in [-0.1, -0.05) is 0 Å². The SMILES string of the molecule is O=C(O)CC(c1cc(Br)c2c(c1)OCC1(CC1)CO2)C1CC1. The van der Waals surface area contributed by atoms with Crippen molar-refractivity contribution >= 4 is 21.9 Å². The molecule has 2 fully saturated rings. The Morgan fingerprint density at radius 3 is 2.68 bits per heavy atom. The van der Waals surface area contributed by atoms with E-state index >= 15 is 0 Å². The third-order valence-electron chi connectivity index (χ3n) is 5.06. The van der Waals surface area contributed by atoms with E-state index in [1.807, 2.05) is 12.1 Å². The predicted octanol–water partition coefficient (Wildman–Crippen LogP) is 3.97. The molecule has 1 aromatic rings. The smallest absolute Gasteiger partial charge is 0.303 e. The molecule has 0 radical (unpaired) electrons. The van der Waals surface area contributed by atoms with Crippen molar-refractivity contribution in [3.05, 3.63) is 22.2 Å². The molecule has 4 nitrogen and oxygen atoms in total. The van der Waals surface area contributed by atoms with Crippen molar-refractivity contribution in [2.45, 2.75) is 38.0 Å². The van der Waals surface area contributed by atoms with E-state index in [1.54, 1.807) is 0 Å². The maximum atomic E-state index is 11.2. The number of halogens is 1. The van der Waals surface area contributed by atoms with E-state index < -0.39 is 5.97 Å². The van der Waals surface area contributed by atoms with Gasteiger partial charge in [0.2, 0.25) is 0 Å². The van der Waals surface area contributed by atoms with Gasteiger partial charge in [-0.15, -0.1) is 0 Å². The standard InChI is InChI=1S/C17H19BrO4/c18-13-5-11(12(7-15(19)20)10-1-2-10)6-14-16(13)22-9-17(3-4-17)8-21-14/h5-6,10,12H,1-4,7-9H2,(H,19,20). The normalized spacial score (nSPS) is 23.0. The first kappa shape index (κ1) is 14.4. The quantitative estimate of drug-likeness (QED) is 0.875. The number of carbonyl (C=O) groups is 1. The molecule has 1 spiro atoms. The molecule has 1 atom stereocenters. The van der Waals surface area contributed by atoms with Crippen molar-refractivity contribution in [1.82, 2.24) is 0 Å². The molecular weight excluding hydrogens is 348 g/mol. The minimum atomic E-state index is -0.739. The lowest BCUT2D eigenvalue weighted by atomic mass is 9.91. The van der Waals surface area contributed by atoms with Gasteiger partial charge in [0.25, 0.3) is 0 Å². The number of rotatable bonds is 4. The molecule has 0 aromatic heterocycles. The van der Waals surface area contributed by atoms with Gasteiger partial charge < -0.3 is 14.6 Å². The number of hydrogen-bond donors (Lipinski definition) is 1. The average molecular weight is 367 g/mol. The molecule has 1 N–H and O–H groups in total. The number of ether oxygens (including phenoxy) is 2. The summed E-state index contributed by atoms with van der Waals surface area (Å²) in [6.07, 6.45) is 4.74. The second kappa shape index (κ2) is 5.15. The topological polar surface area (TPSA) is 55.8 Å². The van der Waals surface area contributed by atoms with Gasteiger partial charge in [-0.05, 0) is 71.1 Å². The molecule has 5 heteroatoms. The average Bonchev–Trinajstić information content (AvgIpc) is 3.36. The molecule has 0 saturated heterocycles. The summed E-state index contributed by atoms with van der Waals surface area (Å²) < 4.78 is 12.8. The summed E-state index contributed by atoms with van der Waals surface area (Å²) in [6, 6.07) is 4.01. The fraction of sp³-hybridized carbons (Fsp3) is 0.588. The van der Waals surface area contributed by atoms with E-state index in [-0.39, 0.29) is 17.8 Å². The molecule has 3 aliphatic rings. The highest BCUT2D eigenvalue weighted by Gasteiger charge is 2.46. The highest BCUT2D eigenvalue weighted by Crippen LogP contribution is 2.52. The van der Waals surface area contributed by atoms with E-state index in [4.69, 9.17) is 9.47 Å². The van der Waals surface area contributed by atoms with Gasteiger partial charge in [-0.25, -0.2) is 0 Å². The van der Waals surface area contributed by atoms with Crippen molar-refractivity contribution in [1.29, 1.82) is 0 Å². The number of aliphatic carboxylic acids is 1. The Balaban J connectivity index is 1.65. The highest BCUT2D eigenvalue weighted by atomic mass is 79.9. The first-order valence-electron chi connectivity index (χ1n) is 7.87. The van der Waals surface area contributed by atoms with Crippen molar-refractivity contribution in [3.63, 3.8) is 0 Å². The fourth-order valence-corrected chi connectivity index (χ4v) is 3.83. The molecule has 1 aliphatic heterocycles. The zero-order valence-electron chi connectivity index (χ0n) is 12.3. The van der Waals surface area contributed by atoms with Crippen LogP contribution in [-0.4, -0.2) is 24.3 Å². The van der Waals surface area contributed by atoms with Gasteiger partial charge in [-0.2, -0.15) is 0 Å². The van der Waals surface area contributed by atoms with Gasteiger partial charge in [0.15, 0.2) is 11.5 Å². The maximum absolute atomic E-state index is 11.2. The Hall–Kier alpha value is -1.23. The van der Waals surface area contributed by atoms with Crippen LogP contribution in [0.4, 0.5) is 0 Å². The molecule has 4 rings (SSSR count). The zero-order chi connectivity index (χ0) is 15.3. The van der Waals surface area contributed by atoms with Crippen LogP contribution < -0.4 is 9.47 Å². The summed E-state index contributed by atoms with van der Waals surface area (Å²) in [5.74, 6) is 1.34. The molecule has 1 aromatic carbocycles. The molecule has 1 heterocycles. The van der Waals surface area contributed by atoms with Crippen LogP contribution in [-0.2, 0) is 4.79 Å². The van der Waals surface area contributed by atoms with Crippen molar-refractivity contribution in [3.8, 4) is 11.5 Å². The molecule has 0 bridgehead atoms. The van der Waals surface area contributed by atoms with Crippen molar-refractivity contribution < 1.29 is 19.4 Å². The molecule has 1 unspecified atom stereocenters. The molecule has 2 aliphatic carbocycles. The van der Waals surface area contributed by atoms with Gasteiger partial charge in [-0.3, -0.25) is 4.79 Å². The molecule has 118 valence electrons. The van der Waals surface area contributed by atoms with E-state index in [0.717, 1.165) is 47.2 Å². The summed E-state index contributed by atoms with van der Waals surface area (Å²) in [4.78, 5) is 11.2. The van der Waals surface area contributed by atoms with Crippen LogP contribution >= 0.6 is 15.9 Å². The number of carboxylic acid groups (broad SMARTS) is 1. The summed E-state index contributed by atoms with van der Waals surface area (Å²) >= 11 is 3.58. The Bertz CT molecular complexity index is 619. The summed E-state index contributed by atoms with van der Waals surface area (Å²) in [5, 5.41) is 9.18. The highest BCUT2D eigenvalue weighted by molar-refractivity contribution is 9.10. The van der Waals surface area contributed by atoms with Crippen LogP contribution in [0.25, 0.3) is 0 Å². The van der Waals surface area contributed by atoms with Crippen LogP contribution in [0.1, 0.15) is 43.6 Å².